The molecule has 1 unspecified atom stereocenters. The summed E-state index contributed by atoms with van der Waals surface area (Å²) in [5, 5.41) is 3.54. The monoisotopic (exact) mass is 196 g/mol. The Balaban J connectivity index is 4.46. The highest BCUT2D eigenvalue weighted by molar-refractivity contribution is 5.06. The number of hydrogen-bond acceptors (Lipinski definition) is 2. The van der Waals surface area contributed by atoms with Crippen LogP contribution < -0.4 is 0 Å². The fraction of sp³-hybridized carbons (Fsp3) is 0.800. The van der Waals surface area contributed by atoms with Crippen molar-refractivity contribution in [1.29, 1.82) is 0 Å². The quantitative estimate of drug-likeness (QED) is 0.289. The van der Waals surface area contributed by atoms with Gasteiger partial charge in [-0.15, -0.1) is 0 Å². The summed E-state index contributed by atoms with van der Waals surface area (Å²) in [6.45, 7) is 6.82. The van der Waals surface area contributed by atoms with Gasteiger partial charge in [-0.25, -0.2) is 0 Å². The van der Waals surface area contributed by atoms with E-state index >= 15 is 0 Å². The summed E-state index contributed by atoms with van der Waals surface area (Å²) in [5.41, 5.74) is 9.31. The van der Waals surface area contributed by atoms with Crippen LogP contribution in [0.25, 0.3) is 10.4 Å². The van der Waals surface area contributed by atoms with Crippen molar-refractivity contribution in [2.75, 3.05) is 20.6 Å². The van der Waals surface area contributed by atoms with Crippen LogP contribution in [0.1, 0.15) is 20.8 Å². The second kappa shape index (κ2) is 6.46. The fourth-order valence-electron chi connectivity index (χ4n) is 1.43. The van der Waals surface area contributed by atoms with E-state index in [9.17, 15) is 0 Å². The number of likely N-dealkylation sites (N-methyl/N-ethyl adjacent to an activating group) is 1. The Kier molecular flexibility index (Phi) is 6.00. The molecule has 1 atom stereocenters. The minimum atomic E-state index is 0.406. The van der Waals surface area contributed by atoms with Gasteiger partial charge in [-0.1, -0.05) is 30.6 Å². The van der Waals surface area contributed by atoms with Gasteiger partial charge in [-0.05, 0) is 32.5 Å². The van der Waals surface area contributed by atoms with E-state index < -0.39 is 0 Å². The summed E-state index contributed by atoms with van der Waals surface area (Å²) in [7, 11) is 4.12. The third-order valence-electron chi connectivity index (χ3n) is 2.12. The molecule has 80 valence electrons. The molecule has 0 saturated heterocycles. The van der Waals surface area contributed by atoms with Crippen molar-refractivity contribution in [3.8, 4) is 0 Å². The SMILES string of the molecule is C/C(=C\C(C(C)C)N(C)C)CN=[N+]=[N-]. The lowest BCUT2D eigenvalue weighted by Gasteiger charge is -2.25. The minimum absolute atomic E-state index is 0.406. The Bertz CT molecular complexity index is 229. The lowest BCUT2D eigenvalue weighted by Crippen LogP contribution is -2.31. The van der Waals surface area contributed by atoms with Crippen LogP contribution in [0.3, 0.4) is 0 Å². The highest BCUT2D eigenvalue weighted by Gasteiger charge is 2.12. The molecule has 0 saturated carbocycles. The average molecular weight is 196 g/mol. The van der Waals surface area contributed by atoms with Gasteiger partial charge in [0.05, 0.1) is 0 Å². The van der Waals surface area contributed by atoms with Gasteiger partial charge in [-0.2, -0.15) is 0 Å². The molecule has 0 rings (SSSR count). The average Bonchev–Trinajstić information content (AvgIpc) is 2.09. The van der Waals surface area contributed by atoms with Gasteiger partial charge in [0, 0.05) is 17.5 Å². The molecule has 0 aliphatic carbocycles. The van der Waals surface area contributed by atoms with Crippen LogP contribution >= 0.6 is 0 Å². The van der Waals surface area contributed by atoms with Crippen LogP contribution in [0.4, 0.5) is 0 Å². The lowest BCUT2D eigenvalue weighted by molar-refractivity contribution is 0.278. The van der Waals surface area contributed by atoms with Crippen molar-refractivity contribution in [1.82, 2.24) is 4.90 Å². The zero-order valence-electron chi connectivity index (χ0n) is 9.73. The van der Waals surface area contributed by atoms with Crippen LogP contribution in [0, 0.1) is 5.92 Å². The molecule has 0 bridgehead atoms. The van der Waals surface area contributed by atoms with Crippen LogP contribution in [0.5, 0.6) is 0 Å². The highest BCUT2D eigenvalue weighted by atomic mass is 15.1. The zero-order chi connectivity index (χ0) is 11.1. The molecule has 4 heteroatoms. The smallest absolute Gasteiger partial charge is 0.0467 e. The maximum absolute atomic E-state index is 8.19. The maximum Gasteiger partial charge on any atom is 0.0467 e. The first-order valence-corrected chi connectivity index (χ1v) is 4.83. The Morgan fingerprint density at radius 3 is 2.43 bits per heavy atom. The third-order valence-corrected chi connectivity index (χ3v) is 2.12. The van der Waals surface area contributed by atoms with E-state index in [-0.39, 0.29) is 0 Å². The van der Waals surface area contributed by atoms with Gasteiger partial charge in [0.25, 0.3) is 0 Å². The van der Waals surface area contributed by atoms with Crippen molar-refractivity contribution in [2.24, 2.45) is 11.0 Å². The Labute approximate surface area is 86.2 Å². The summed E-state index contributed by atoms with van der Waals surface area (Å²) < 4.78 is 0. The van der Waals surface area contributed by atoms with Crippen molar-refractivity contribution in [3.63, 3.8) is 0 Å². The molecule has 0 aromatic carbocycles. The molecule has 14 heavy (non-hydrogen) atoms. The first-order chi connectivity index (χ1) is 6.49. The molecule has 0 amide bonds. The molecule has 0 fully saturated rings. The third kappa shape index (κ3) is 4.90. The van der Waals surface area contributed by atoms with Crippen molar-refractivity contribution in [2.45, 2.75) is 26.8 Å². The van der Waals surface area contributed by atoms with Gasteiger partial charge in [0.2, 0.25) is 0 Å². The molecule has 0 aliphatic rings. The van der Waals surface area contributed by atoms with Crippen molar-refractivity contribution in [3.05, 3.63) is 22.1 Å². The van der Waals surface area contributed by atoms with Crippen LogP contribution in [0.2, 0.25) is 0 Å². The van der Waals surface area contributed by atoms with Gasteiger partial charge >= 0.3 is 0 Å². The molecule has 0 spiro atoms. The fourth-order valence-corrected chi connectivity index (χ4v) is 1.43. The maximum atomic E-state index is 8.19. The number of rotatable bonds is 5. The molecule has 4 nitrogen and oxygen atoms in total. The van der Waals surface area contributed by atoms with Gasteiger partial charge in [0.1, 0.15) is 0 Å². The molecule has 0 aromatic rings. The predicted molar refractivity (Wildman–Crippen MR) is 60.1 cm³/mol. The molecular formula is C10H20N4. The van der Waals surface area contributed by atoms with Crippen LogP contribution in [-0.2, 0) is 0 Å². The highest BCUT2D eigenvalue weighted by Crippen LogP contribution is 2.11. The second-order valence-corrected chi connectivity index (χ2v) is 4.10. The van der Waals surface area contributed by atoms with E-state index in [1.807, 2.05) is 6.92 Å². The second-order valence-electron chi connectivity index (χ2n) is 4.10. The minimum Gasteiger partial charge on any atom is -0.303 e. The number of nitrogens with zero attached hydrogens (tertiary/aromatic N) is 4. The summed E-state index contributed by atoms with van der Waals surface area (Å²) in [6, 6.07) is 0.406. The van der Waals surface area contributed by atoms with E-state index in [1.54, 1.807) is 0 Å². The van der Waals surface area contributed by atoms with Crippen molar-refractivity contribution < 1.29 is 0 Å². The van der Waals surface area contributed by atoms with Gasteiger partial charge in [0.15, 0.2) is 0 Å². The van der Waals surface area contributed by atoms with E-state index in [2.05, 4.69) is 48.9 Å². The number of azide groups is 1. The van der Waals surface area contributed by atoms with E-state index in [0.29, 0.717) is 18.5 Å². The molecular weight excluding hydrogens is 176 g/mol. The summed E-state index contributed by atoms with van der Waals surface area (Å²) in [4.78, 5) is 4.91. The Morgan fingerprint density at radius 1 is 1.50 bits per heavy atom. The number of hydrogen-bond donors (Lipinski definition) is 0. The Hall–Kier alpha value is -0.990. The molecule has 0 N–H and O–H groups in total. The Morgan fingerprint density at radius 2 is 2.07 bits per heavy atom. The van der Waals surface area contributed by atoms with Crippen LogP contribution in [-0.4, -0.2) is 31.6 Å². The summed E-state index contributed by atoms with van der Waals surface area (Å²) in [6.07, 6.45) is 2.17. The molecule has 0 aliphatic heterocycles. The van der Waals surface area contributed by atoms with Crippen molar-refractivity contribution >= 4 is 0 Å². The summed E-state index contributed by atoms with van der Waals surface area (Å²) in [5.74, 6) is 0.561. The van der Waals surface area contributed by atoms with Crippen LogP contribution in [0.15, 0.2) is 16.8 Å². The molecule has 0 heterocycles. The summed E-state index contributed by atoms with van der Waals surface area (Å²) >= 11 is 0. The zero-order valence-corrected chi connectivity index (χ0v) is 9.73. The predicted octanol–water partition coefficient (Wildman–Crippen LogP) is 2.83. The molecule has 0 radical (unpaired) electrons. The molecule has 0 aromatic heterocycles. The van der Waals surface area contributed by atoms with Gasteiger partial charge in [-0.3, -0.25) is 0 Å². The van der Waals surface area contributed by atoms with Gasteiger partial charge < -0.3 is 4.90 Å². The normalized spacial score (nSPS) is 14.4. The standard InChI is InChI=1S/C10H20N4/c1-8(2)10(14(4)5)6-9(3)7-12-13-11/h6,8,10H,7H2,1-5H3/b9-6+. The lowest BCUT2D eigenvalue weighted by atomic mass is 10.0. The van der Waals surface area contributed by atoms with E-state index in [1.165, 1.54) is 0 Å². The first kappa shape index (κ1) is 13.0. The van der Waals surface area contributed by atoms with E-state index in [0.717, 1.165) is 5.57 Å². The largest absolute Gasteiger partial charge is 0.303 e. The topological polar surface area (TPSA) is 52.0 Å². The van der Waals surface area contributed by atoms with E-state index in [4.69, 9.17) is 5.53 Å². The first-order valence-electron chi connectivity index (χ1n) is 4.83.